The highest BCUT2D eigenvalue weighted by Gasteiger charge is 2.12. The molecule has 2 amide bonds. The van der Waals surface area contributed by atoms with Crippen LogP contribution in [0.3, 0.4) is 0 Å². The molecule has 2 rings (SSSR count). The average Bonchev–Trinajstić information content (AvgIpc) is 2.93. The van der Waals surface area contributed by atoms with Gasteiger partial charge in [-0.05, 0) is 23.1 Å². The Labute approximate surface area is 121 Å². The summed E-state index contributed by atoms with van der Waals surface area (Å²) in [7, 11) is 1.56. The summed E-state index contributed by atoms with van der Waals surface area (Å²) in [6.45, 7) is 0. The first-order chi connectivity index (χ1) is 9.70. The molecule has 1 aromatic heterocycles. The van der Waals surface area contributed by atoms with Gasteiger partial charge < -0.3 is 10.6 Å². The normalized spacial score (nSPS) is 10.4. The Morgan fingerprint density at radius 3 is 2.60 bits per heavy atom. The molecule has 0 unspecified atom stereocenters. The van der Waals surface area contributed by atoms with Gasteiger partial charge in [0.15, 0.2) is 0 Å². The Hall–Kier alpha value is -2.40. The maximum atomic E-state index is 11.8. The van der Waals surface area contributed by atoms with Crippen molar-refractivity contribution in [2.75, 3.05) is 12.4 Å². The van der Waals surface area contributed by atoms with Crippen molar-refractivity contribution in [3.63, 3.8) is 0 Å². The first-order valence-corrected chi connectivity index (χ1v) is 6.92. The molecule has 0 atom stereocenters. The fourth-order valence-corrected chi connectivity index (χ4v) is 2.40. The lowest BCUT2D eigenvalue weighted by molar-refractivity contribution is -0.111. The zero-order chi connectivity index (χ0) is 14.4. The molecule has 2 aromatic rings. The van der Waals surface area contributed by atoms with Gasteiger partial charge in [0.2, 0.25) is 5.91 Å². The maximum absolute atomic E-state index is 11.8. The minimum absolute atomic E-state index is 0.214. The van der Waals surface area contributed by atoms with Crippen molar-refractivity contribution in [3.8, 4) is 0 Å². The number of anilines is 1. The molecular formula is C15H14N2O2S. The highest BCUT2D eigenvalue weighted by molar-refractivity contribution is 7.14. The van der Waals surface area contributed by atoms with Crippen LogP contribution in [0.15, 0.2) is 47.9 Å². The lowest BCUT2D eigenvalue weighted by Gasteiger charge is -2.02. The zero-order valence-corrected chi connectivity index (χ0v) is 11.7. The molecule has 102 valence electrons. The molecule has 0 radical (unpaired) electrons. The fraction of sp³-hybridized carbons (Fsp3) is 0.0667. The molecule has 1 heterocycles. The predicted octanol–water partition coefficient (Wildman–Crippen LogP) is 2.76. The van der Waals surface area contributed by atoms with Crippen LogP contribution in [0.5, 0.6) is 0 Å². The molecule has 0 saturated carbocycles. The monoisotopic (exact) mass is 286 g/mol. The Morgan fingerprint density at radius 1 is 1.15 bits per heavy atom. The third-order valence-corrected chi connectivity index (χ3v) is 3.43. The topological polar surface area (TPSA) is 58.2 Å². The molecule has 0 spiro atoms. The van der Waals surface area contributed by atoms with Crippen LogP contribution in [0.2, 0.25) is 0 Å². The van der Waals surface area contributed by atoms with Crippen LogP contribution in [-0.2, 0) is 4.79 Å². The Kier molecular flexibility index (Phi) is 4.68. The molecule has 0 aliphatic heterocycles. The molecule has 0 aliphatic rings. The lowest BCUT2D eigenvalue weighted by atomic mass is 10.2. The molecule has 20 heavy (non-hydrogen) atoms. The minimum atomic E-state index is -0.263. The van der Waals surface area contributed by atoms with Crippen molar-refractivity contribution in [2.24, 2.45) is 0 Å². The Balaban J connectivity index is 2.04. The summed E-state index contributed by atoms with van der Waals surface area (Å²) >= 11 is 1.32. The van der Waals surface area contributed by atoms with E-state index >= 15 is 0 Å². The minimum Gasteiger partial charge on any atom is -0.355 e. The summed E-state index contributed by atoms with van der Waals surface area (Å²) in [5.41, 5.74) is 1.42. The Morgan fingerprint density at radius 2 is 1.90 bits per heavy atom. The number of carbonyl (C=O) groups excluding carboxylic acids is 2. The van der Waals surface area contributed by atoms with E-state index in [4.69, 9.17) is 0 Å². The molecule has 0 saturated heterocycles. The number of benzene rings is 1. The second-order valence-electron chi connectivity index (χ2n) is 3.98. The zero-order valence-electron chi connectivity index (χ0n) is 10.9. The number of amides is 2. The third kappa shape index (κ3) is 3.55. The van der Waals surface area contributed by atoms with Crippen LogP contribution >= 0.6 is 11.3 Å². The van der Waals surface area contributed by atoms with Gasteiger partial charge in [-0.25, -0.2) is 0 Å². The van der Waals surface area contributed by atoms with Crippen molar-refractivity contribution in [3.05, 3.63) is 59.0 Å². The van der Waals surface area contributed by atoms with Gasteiger partial charge in [0.05, 0.1) is 5.56 Å². The maximum Gasteiger partial charge on any atom is 0.254 e. The van der Waals surface area contributed by atoms with Crippen molar-refractivity contribution in [1.82, 2.24) is 5.32 Å². The first-order valence-electron chi connectivity index (χ1n) is 6.04. The van der Waals surface area contributed by atoms with Gasteiger partial charge in [-0.15, -0.1) is 11.3 Å². The number of hydrogen-bond donors (Lipinski definition) is 2. The van der Waals surface area contributed by atoms with Crippen LogP contribution in [-0.4, -0.2) is 18.9 Å². The van der Waals surface area contributed by atoms with Crippen molar-refractivity contribution < 1.29 is 9.59 Å². The molecule has 0 bridgehead atoms. The van der Waals surface area contributed by atoms with Gasteiger partial charge in [0.1, 0.15) is 5.00 Å². The van der Waals surface area contributed by atoms with E-state index in [-0.39, 0.29) is 11.8 Å². The molecule has 4 nitrogen and oxygen atoms in total. The van der Waals surface area contributed by atoms with Gasteiger partial charge in [-0.3, -0.25) is 9.59 Å². The largest absolute Gasteiger partial charge is 0.355 e. The van der Waals surface area contributed by atoms with E-state index in [1.54, 1.807) is 24.6 Å². The van der Waals surface area contributed by atoms with Crippen molar-refractivity contribution >= 4 is 34.2 Å². The van der Waals surface area contributed by atoms with E-state index in [2.05, 4.69) is 10.6 Å². The third-order valence-electron chi connectivity index (χ3n) is 2.60. The average molecular weight is 286 g/mol. The fourth-order valence-electron chi connectivity index (χ4n) is 1.61. The van der Waals surface area contributed by atoms with Crippen LogP contribution in [0.4, 0.5) is 5.00 Å². The number of nitrogens with one attached hydrogen (secondary N) is 2. The highest BCUT2D eigenvalue weighted by atomic mass is 32.1. The van der Waals surface area contributed by atoms with E-state index < -0.39 is 0 Å². The summed E-state index contributed by atoms with van der Waals surface area (Å²) in [4.78, 5) is 23.4. The first kappa shape index (κ1) is 14.0. The standard InChI is InChI=1S/C15H14N2O2S/c1-16-14(19)12-9-10-20-15(12)17-13(18)8-7-11-5-3-2-4-6-11/h2-10H,1H3,(H,16,19)(H,17,18)/b8-7+. The summed E-state index contributed by atoms with van der Waals surface area (Å²) in [5.74, 6) is -0.477. The van der Waals surface area contributed by atoms with Crippen LogP contribution in [0.1, 0.15) is 15.9 Å². The van der Waals surface area contributed by atoms with E-state index in [0.717, 1.165) is 5.56 Å². The number of thiophene rings is 1. The second kappa shape index (κ2) is 6.68. The predicted molar refractivity (Wildman–Crippen MR) is 81.8 cm³/mol. The molecular weight excluding hydrogens is 272 g/mol. The number of rotatable bonds is 4. The molecule has 1 aromatic carbocycles. The summed E-state index contributed by atoms with van der Waals surface area (Å²) < 4.78 is 0. The second-order valence-corrected chi connectivity index (χ2v) is 4.89. The van der Waals surface area contributed by atoms with Gasteiger partial charge in [0, 0.05) is 13.1 Å². The van der Waals surface area contributed by atoms with Crippen LogP contribution < -0.4 is 10.6 Å². The molecule has 5 heteroatoms. The van der Waals surface area contributed by atoms with Crippen molar-refractivity contribution in [1.29, 1.82) is 0 Å². The van der Waals surface area contributed by atoms with Crippen LogP contribution in [0, 0.1) is 0 Å². The molecule has 0 fully saturated rings. The van der Waals surface area contributed by atoms with Crippen molar-refractivity contribution in [2.45, 2.75) is 0 Å². The summed E-state index contributed by atoms with van der Waals surface area (Å²) in [6, 6.07) is 11.2. The van der Waals surface area contributed by atoms with E-state index in [1.165, 1.54) is 17.4 Å². The SMILES string of the molecule is CNC(=O)c1ccsc1NC(=O)/C=C/c1ccccc1. The quantitative estimate of drug-likeness (QED) is 0.849. The summed E-state index contributed by atoms with van der Waals surface area (Å²) in [6.07, 6.45) is 3.17. The van der Waals surface area contributed by atoms with E-state index in [1.807, 2.05) is 30.3 Å². The smallest absolute Gasteiger partial charge is 0.254 e. The van der Waals surface area contributed by atoms with E-state index in [0.29, 0.717) is 10.6 Å². The molecule has 2 N–H and O–H groups in total. The van der Waals surface area contributed by atoms with E-state index in [9.17, 15) is 9.59 Å². The molecule has 0 aliphatic carbocycles. The van der Waals surface area contributed by atoms with Gasteiger partial charge in [-0.1, -0.05) is 30.3 Å². The Bertz CT molecular complexity index is 632. The van der Waals surface area contributed by atoms with Gasteiger partial charge in [-0.2, -0.15) is 0 Å². The van der Waals surface area contributed by atoms with Gasteiger partial charge in [0.25, 0.3) is 5.91 Å². The lowest BCUT2D eigenvalue weighted by Crippen LogP contribution is -2.19. The summed E-state index contributed by atoms with van der Waals surface area (Å²) in [5, 5.41) is 7.56. The van der Waals surface area contributed by atoms with Gasteiger partial charge >= 0.3 is 0 Å². The highest BCUT2D eigenvalue weighted by Crippen LogP contribution is 2.23. The number of carbonyl (C=O) groups is 2. The number of hydrogen-bond acceptors (Lipinski definition) is 3. The van der Waals surface area contributed by atoms with Crippen LogP contribution in [0.25, 0.3) is 6.08 Å².